The maximum atomic E-state index is 13.5. The predicted octanol–water partition coefficient (Wildman–Crippen LogP) is 5.29. The molecule has 0 bridgehead atoms. The number of benzene rings is 2. The fraction of sp³-hybridized carbons (Fsp3) is 0.417. The molecule has 0 amide bonds. The summed E-state index contributed by atoms with van der Waals surface area (Å²) in [6.45, 7) is -9.37. The molecule has 3 fully saturated rings. The van der Waals surface area contributed by atoms with E-state index in [2.05, 4.69) is 22.2 Å². The summed E-state index contributed by atoms with van der Waals surface area (Å²) in [6, 6.07) is 6.20. The molecule has 5 heterocycles. The van der Waals surface area contributed by atoms with E-state index in [4.69, 9.17) is 85.8 Å². The number of hydrogen-bond donors (Lipinski definition) is 4. The zero-order valence-corrected chi connectivity index (χ0v) is 29.3. The highest BCUT2D eigenvalue weighted by Gasteiger charge is 2.52. The van der Waals surface area contributed by atoms with Gasteiger partial charge in [0.15, 0.2) is 12.5 Å². The van der Waals surface area contributed by atoms with Crippen LogP contribution in [0.4, 0.5) is 0 Å². The molecule has 3 aliphatic heterocycles. The number of aliphatic hydroxyl groups is 2. The molecule has 4 unspecified atom stereocenters. The Balaban J connectivity index is 1.16. The third kappa shape index (κ3) is 6.29. The average Bonchev–Trinajstić information content (AvgIpc) is 3.72. The predicted molar refractivity (Wildman–Crippen MR) is 174 cm³/mol. The van der Waals surface area contributed by atoms with Crippen molar-refractivity contribution in [2.24, 2.45) is 0 Å². The molecule has 3 N–H and O–H groups in total. The van der Waals surface area contributed by atoms with Crippen LogP contribution in [-0.2, 0) is 43.9 Å². The smallest absolute Gasteiger partial charge is 0.386 e. The van der Waals surface area contributed by atoms with E-state index in [0.717, 1.165) is 0 Å². The van der Waals surface area contributed by atoms with Crippen LogP contribution in [-0.4, -0.2) is 84.0 Å². The van der Waals surface area contributed by atoms with Crippen LogP contribution in [0.3, 0.4) is 0 Å². The van der Waals surface area contributed by atoms with Crippen molar-refractivity contribution in [2.45, 2.75) is 49.1 Å². The second-order valence-electron chi connectivity index (χ2n) is 10.6. The minimum atomic E-state index is -4.26. The Morgan fingerprint density at radius 3 is 1.72 bits per heavy atom. The summed E-state index contributed by atoms with van der Waals surface area (Å²) in [5, 5.41) is 23.7. The van der Waals surface area contributed by atoms with Gasteiger partial charge in [0, 0.05) is 0 Å². The van der Waals surface area contributed by atoms with Gasteiger partial charge in [0.1, 0.15) is 36.6 Å². The van der Waals surface area contributed by atoms with Crippen molar-refractivity contribution in [3.63, 3.8) is 0 Å². The maximum absolute atomic E-state index is 13.5. The van der Waals surface area contributed by atoms with Crippen LogP contribution in [0.1, 0.15) is 12.5 Å². The number of rotatable bonds is 2. The van der Waals surface area contributed by atoms with Gasteiger partial charge < -0.3 is 38.2 Å². The fourth-order valence-corrected chi connectivity index (χ4v) is 9.15. The molecule has 7 rings (SSSR count). The van der Waals surface area contributed by atoms with Crippen molar-refractivity contribution < 1.29 is 47.2 Å². The Kier molecular flexibility index (Phi) is 9.30. The van der Waals surface area contributed by atoms with Gasteiger partial charge in [-0.05, 0) is 36.1 Å². The van der Waals surface area contributed by atoms with Gasteiger partial charge in [-0.3, -0.25) is 13.6 Å². The van der Waals surface area contributed by atoms with Crippen molar-refractivity contribution in [1.29, 1.82) is 0 Å². The number of imidazole rings is 2. The molecule has 0 radical (unpaired) electrons. The summed E-state index contributed by atoms with van der Waals surface area (Å²) in [6.07, 6.45) is -7.42. The number of halogens is 4. The summed E-state index contributed by atoms with van der Waals surface area (Å²) in [5.74, 6) is 0. The van der Waals surface area contributed by atoms with Crippen LogP contribution in [0.2, 0.25) is 20.1 Å². The lowest BCUT2D eigenvalue weighted by Crippen LogP contribution is -2.38. The highest BCUT2D eigenvalue weighted by molar-refractivity contribution is 8.44. The molecule has 2 aromatic carbocycles. The molecule has 10 atom stereocenters. The lowest BCUT2D eigenvalue weighted by atomic mass is 10.1. The van der Waals surface area contributed by atoms with Gasteiger partial charge in [0.25, 0.3) is 0 Å². The zero-order chi connectivity index (χ0) is 32.7. The molecule has 3 saturated heterocycles. The molecule has 0 saturated carbocycles. The van der Waals surface area contributed by atoms with Gasteiger partial charge in [-0.2, -0.15) is 0 Å². The van der Waals surface area contributed by atoms with Gasteiger partial charge in [0.2, 0.25) is 0 Å². The molecule has 0 spiro atoms. The maximum Gasteiger partial charge on any atom is 0.386 e. The van der Waals surface area contributed by atoms with Crippen molar-refractivity contribution in [2.75, 3.05) is 13.2 Å². The molecule has 3 aliphatic rings. The number of fused-ring (bicyclic) bond motifs is 4. The molecule has 248 valence electrons. The summed E-state index contributed by atoms with van der Waals surface area (Å²) in [5.41, 5.74) is 1.89. The third-order valence-corrected chi connectivity index (χ3v) is 12.3. The topological polar surface area (TPSA) is 169 Å². The minimum absolute atomic E-state index is 0.243. The number of ether oxygens (including phenoxy) is 2. The minimum Gasteiger partial charge on any atom is -0.386 e. The number of nitrogens with zero attached hydrogens (tertiary/aromatic N) is 4. The van der Waals surface area contributed by atoms with E-state index in [9.17, 15) is 19.7 Å². The van der Waals surface area contributed by atoms with Gasteiger partial charge in [-0.25, -0.2) is 14.5 Å². The van der Waals surface area contributed by atoms with Gasteiger partial charge in [-0.15, -0.1) is 0 Å². The average molecular weight is 794 g/mol. The number of aromatic nitrogens is 4. The van der Waals surface area contributed by atoms with Crippen LogP contribution in [0.15, 0.2) is 36.9 Å². The lowest BCUT2D eigenvalue weighted by Gasteiger charge is -2.29. The first kappa shape index (κ1) is 33.9. The highest BCUT2D eigenvalue weighted by atomic mass is 35.5. The second-order valence-corrected chi connectivity index (χ2v) is 17.9. The summed E-state index contributed by atoms with van der Waals surface area (Å²) in [7, 11) is 0. The largest absolute Gasteiger partial charge is 0.386 e. The molecular weight excluding hydrogens is 772 g/mol. The Hall–Kier alpha value is -0.590. The van der Waals surface area contributed by atoms with Crippen LogP contribution >= 0.6 is 72.2 Å². The van der Waals surface area contributed by atoms with Gasteiger partial charge >= 0.3 is 13.5 Å². The normalized spacial score (nSPS) is 37.2. The Labute approximate surface area is 290 Å². The van der Waals surface area contributed by atoms with E-state index in [0.29, 0.717) is 22.1 Å². The summed E-state index contributed by atoms with van der Waals surface area (Å²) < 4.78 is 51.2. The zero-order valence-electron chi connectivity index (χ0n) is 22.7. The standard InChI is InChI=1S/C24H22Cl4N4O10P2S2/c25-9-1-13-15(3-11(9)27)31(7-29-13)23-19(33)21-17(39-23)5-37-44(36,46)42-22-18(6-38-43(35,45)41-21)40-24(20(22)34)32-8-30-14-2-10(26)12(28)4-16(14)32/h1-4,7-8,17-24,33-34H,5-6H2,(H,35,45)(H,36,46)/t17-,18-,19+,20+,21?,22?,23-,24-,43?,44?/m1/s1. The second kappa shape index (κ2) is 12.6. The summed E-state index contributed by atoms with van der Waals surface area (Å²) in [4.78, 5) is 19.6. The Bertz CT molecular complexity index is 1800. The highest BCUT2D eigenvalue weighted by Crippen LogP contribution is 2.58. The monoisotopic (exact) mass is 792 g/mol. The molecule has 22 heteroatoms. The van der Waals surface area contributed by atoms with E-state index in [1.54, 1.807) is 24.3 Å². The van der Waals surface area contributed by atoms with E-state index in [-0.39, 0.29) is 20.1 Å². The quantitative estimate of drug-likeness (QED) is 0.153. The van der Waals surface area contributed by atoms with Crippen molar-refractivity contribution in [3.05, 3.63) is 57.0 Å². The molecule has 46 heavy (non-hydrogen) atoms. The first-order valence-electron chi connectivity index (χ1n) is 13.3. The van der Waals surface area contributed by atoms with Crippen LogP contribution in [0, 0.1) is 0 Å². The van der Waals surface area contributed by atoms with E-state index >= 15 is 0 Å². The van der Waals surface area contributed by atoms with E-state index < -0.39 is 75.8 Å². The first-order chi connectivity index (χ1) is 21.7. The fourth-order valence-electron chi connectivity index (χ4n) is 5.58. The SMILES string of the molecule is O=P1(S)OC[C@H]2O[C@@H](n3cnc4cc(Cl)c(Cl)cc43)[C@@H](O)C2OP(O)(=S)OC[C@H]2O[C@@H](n3cnc4cc(Cl)c(Cl)cc43)[C@@H](O)C2O1. The number of hydrogen-bond acceptors (Lipinski definition) is 12. The van der Waals surface area contributed by atoms with E-state index in [1.807, 2.05) is 0 Å². The third-order valence-electron chi connectivity index (χ3n) is 7.71. The molecule has 0 aliphatic carbocycles. The van der Waals surface area contributed by atoms with Crippen LogP contribution < -0.4 is 0 Å². The molecule has 2 aromatic heterocycles. The first-order valence-corrected chi connectivity index (χ1v) is 20.1. The molecule has 4 aromatic rings. The molecular formula is C24H22Cl4N4O10P2S2. The lowest BCUT2D eigenvalue weighted by molar-refractivity contribution is -0.0575. The van der Waals surface area contributed by atoms with Gasteiger partial charge in [-0.1, -0.05) is 58.7 Å². The Morgan fingerprint density at radius 2 is 1.22 bits per heavy atom. The number of aliphatic hydroxyl groups excluding tert-OH is 2. The van der Waals surface area contributed by atoms with E-state index in [1.165, 1.54) is 21.8 Å². The summed E-state index contributed by atoms with van der Waals surface area (Å²) >= 11 is 34.0. The van der Waals surface area contributed by atoms with Crippen molar-refractivity contribution >= 4 is 106 Å². The van der Waals surface area contributed by atoms with Crippen molar-refractivity contribution in [1.82, 2.24) is 19.1 Å². The van der Waals surface area contributed by atoms with Crippen LogP contribution in [0.25, 0.3) is 22.1 Å². The van der Waals surface area contributed by atoms with Crippen molar-refractivity contribution in [3.8, 4) is 0 Å². The van der Waals surface area contributed by atoms with Crippen LogP contribution in [0.5, 0.6) is 0 Å². The van der Waals surface area contributed by atoms with Gasteiger partial charge in [0.05, 0.1) is 68.0 Å². The number of thiol groups is 1. The molecule has 14 nitrogen and oxygen atoms in total. The Morgan fingerprint density at radius 1 is 0.783 bits per heavy atom.